The van der Waals surface area contributed by atoms with Crippen LogP contribution in [0.4, 0.5) is 0 Å². The number of hydrogen-bond acceptors (Lipinski definition) is 3. The average Bonchev–Trinajstić information content (AvgIpc) is 2.48. The molecule has 0 bridgehead atoms. The normalized spacial score (nSPS) is 11.8. The molecule has 0 N–H and O–H groups in total. The summed E-state index contributed by atoms with van der Waals surface area (Å²) >= 11 is 0. The van der Waals surface area contributed by atoms with E-state index in [-0.39, 0.29) is 5.97 Å². The van der Waals surface area contributed by atoms with E-state index in [1.165, 1.54) is 0 Å². The molecule has 3 nitrogen and oxygen atoms in total. The van der Waals surface area contributed by atoms with Gasteiger partial charge in [0.05, 0.1) is 28.7 Å². The van der Waals surface area contributed by atoms with Gasteiger partial charge in [0.1, 0.15) is 0 Å². The minimum Gasteiger partial charge on any atom is -0.462 e. The predicted molar refractivity (Wildman–Crippen MR) is 79.0 cm³/mol. The van der Waals surface area contributed by atoms with Gasteiger partial charge in [-0.15, -0.1) is 0 Å². The molecule has 2 rings (SSSR count). The fourth-order valence-electron chi connectivity index (χ4n) is 1.77. The molecule has 20 heavy (non-hydrogen) atoms. The van der Waals surface area contributed by atoms with E-state index in [4.69, 9.17) is 4.74 Å². The summed E-state index contributed by atoms with van der Waals surface area (Å²) in [6, 6.07) is 16.4. The Bertz CT molecular complexity index is 591. The summed E-state index contributed by atoms with van der Waals surface area (Å²) in [7, 11) is -1.11. The van der Waals surface area contributed by atoms with Gasteiger partial charge in [-0.25, -0.2) is 4.79 Å². The molecular weight excluding hydrogens is 272 g/mol. The Labute approximate surface area is 121 Å². The van der Waals surface area contributed by atoms with Crippen LogP contribution in [0.2, 0.25) is 0 Å². The van der Waals surface area contributed by atoms with Crippen LogP contribution in [0.5, 0.6) is 0 Å². The number of esters is 1. The fraction of sp³-hybridized carbons (Fsp3) is 0.188. The van der Waals surface area contributed by atoms with Crippen LogP contribution in [0.1, 0.15) is 22.8 Å². The molecule has 0 radical (unpaired) electrons. The highest BCUT2D eigenvalue weighted by Crippen LogP contribution is 2.14. The standard InChI is InChI=1S/C16H16O3S/c1-2-19-16(17)14-8-10-15(11-9-14)20(18)12-13-6-4-3-5-7-13/h3-11H,2,12H2,1H3. The van der Waals surface area contributed by atoms with E-state index >= 15 is 0 Å². The molecule has 0 fully saturated rings. The molecule has 0 aliphatic carbocycles. The summed E-state index contributed by atoms with van der Waals surface area (Å²) in [4.78, 5) is 12.2. The number of carbonyl (C=O) groups excluding carboxylic acids is 1. The molecule has 104 valence electrons. The van der Waals surface area contributed by atoms with E-state index in [1.807, 2.05) is 30.3 Å². The third-order valence-corrected chi connectivity index (χ3v) is 4.16. The zero-order valence-electron chi connectivity index (χ0n) is 11.2. The number of hydrogen-bond donors (Lipinski definition) is 0. The van der Waals surface area contributed by atoms with Crippen LogP contribution in [0.15, 0.2) is 59.5 Å². The summed E-state index contributed by atoms with van der Waals surface area (Å²) in [5, 5.41) is 0. The predicted octanol–water partition coefficient (Wildman–Crippen LogP) is 3.17. The molecule has 0 heterocycles. The largest absolute Gasteiger partial charge is 0.462 e. The van der Waals surface area contributed by atoms with Gasteiger partial charge in [-0.2, -0.15) is 0 Å². The first-order chi connectivity index (χ1) is 9.70. The molecule has 0 saturated heterocycles. The molecule has 4 heteroatoms. The van der Waals surface area contributed by atoms with Gasteiger partial charge in [0.2, 0.25) is 0 Å². The number of ether oxygens (including phenoxy) is 1. The van der Waals surface area contributed by atoms with Crippen molar-refractivity contribution in [1.29, 1.82) is 0 Å². The van der Waals surface area contributed by atoms with E-state index in [1.54, 1.807) is 31.2 Å². The molecule has 0 amide bonds. The van der Waals surface area contributed by atoms with Crippen molar-refractivity contribution in [3.05, 3.63) is 65.7 Å². The lowest BCUT2D eigenvalue weighted by atomic mass is 10.2. The molecule has 0 saturated carbocycles. The molecule has 0 aliphatic rings. The van der Waals surface area contributed by atoms with Crippen molar-refractivity contribution in [2.24, 2.45) is 0 Å². The van der Waals surface area contributed by atoms with Crippen LogP contribution in [-0.2, 0) is 21.3 Å². The molecule has 2 aromatic rings. The summed E-state index contributed by atoms with van der Waals surface area (Å²) in [5.41, 5.74) is 1.51. The second-order valence-electron chi connectivity index (χ2n) is 4.22. The molecule has 2 aromatic carbocycles. The molecular formula is C16H16O3S. The second kappa shape index (κ2) is 7.01. The SMILES string of the molecule is CCOC(=O)c1ccc(S(=O)Cc2ccccc2)cc1. The Morgan fingerprint density at radius 2 is 1.70 bits per heavy atom. The van der Waals surface area contributed by atoms with Crippen LogP contribution < -0.4 is 0 Å². The molecule has 1 atom stereocenters. The van der Waals surface area contributed by atoms with Crippen molar-refractivity contribution in [2.75, 3.05) is 6.61 Å². The Balaban J connectivity index is 2.06. The van der Waals surface area contributed by atoms with Crippen LogP contribution in [0.3, 0.4) is 0 Å². The maximum absolute atomic E-state index is 12.2. The maximum atomic E-state index is 12.2. The number of carbonyl (C=O) groups is 1. The van der Waals surface area contributed by atoms with E-state index in [0.29, 0.717) is 22.8 Å². The molecule has 1 unspecified atom stereocenters. The highest BCUT2D eigenvalue weighted by atomic mass is 32.2. The van der Waals surface area contributed by atoms with Gasteiger partial charge in [-0.3, -0.25) is 4.21 Å². The van der Waals surface area contributed by atoms with Crippen molar-refractivity contribution < 1.29 is 13.7 Å². The van der Waals surface area contributed by atoms with Gasteiger partial charge in [-0.05, 0) is 36.8 Å². The maximum Gasteiger partial charge on any atom is 0.338 e. The second-order valence-corrected chi connectivity index (χ2v) is 5.67. The first-order valence-corrected chi connectivity index (χ1v) is 7.72. The third-order valence-electron chi connectivity index (χ3n) is 2.77. The van der Waals surface area contributed by atoms with Crippen molar-refractivity contribution >= 4 is 16.8 Å². The van der Waals surface area contributed by atoms with E-state index in [9.17, 15) is 9.00 Å². The first-order valence-electron chi connectivity index (χ1n) is 6.40. The molecule has 0 aromatic heterocycles. The summed E-state index contributed by atoms with van der Waals surface area (Å²) in [5.74, 6) is 0.118. The lowest BCUT2D eigenvalue weighted by molar-refractivity contribution is 0.0526. The van der Waals surface area contributed by atoms with Gasteiger partial charge in [0, 0.05) is 4.90 Å². The van der Waals surface area contributed by atoms with Gasteiger partial charge >= 0.3 is 5.97 Å². The van der Waals surface area contributed by atoms with Crippen molar-refractivity contribution in [3.8, 4) is 0 Å². The monoisotopic (exact) mass is 288 g/mol. The molecule has 0 aliphatic heterocycles. The lowest BCUT2D eigenvalue weighted by Gasteiger charge is -2.05. The highest BCUT2D eigenvalue weighted by Gasteiger charge is 2.09. The smallest absolute Gasteiger partial charge is 0.338 e. The topological polar surface area (TPSA) is 43.4 Å². The van der Waals surface area contributed by atoms with E-state index in [2.05, 4.69) is 0 Å². The van der Waals surface area contributed by atoms with Crippen LogP contribution in [0.25, 0.3) is 0 Å². The third kappa shape index (κ3) is 3.78. The van der Waals surface area contributed by atoms with Gasteiger partial charge in [-0.1, -0.05) is 30.3 Å². The summed E-state index contributed by atoms with van der Waals surface area (Å²) in [6.45, 7) is 2.11. The quantitative estimate of drug-likeness (QED) is 0.794. The first kappa shape index (κ1) is 14.5. The number of benzene rings is 2. The lowest BCUT2D eigenvalue weighted by Crippen LogP contribution is -2.05. The summed E-state index contributed by atoms with van der Waals surface area (Å²) < 4.78 is 17.1. The fourth-order valence-corrected chi connectivity index (χ4v) is 2.87. The van der Waals surface area contributed by atoms with Gasteiger partial charge in [0.15, 0.2) is 0 Å². The zero-order valence-corrected chi connectivity index (χ0v) is 12.1. The van der Waals surface area contributed by atoms with Crippen molar-refractivity contribution in [2.45, 2.75) is 17.6 Å². The minimum absolute atomic E-state index is 0.348. The number of rotatable bonds is 5. The van der Waals surface area contributed by atoms with Crippen molar-refractivity contribution in [1.82, 2.24) is 0 Å². The Kier molecular flexibility index (Phi) is 5.07. The Morgan fingerprint density at radius 3 is 2.30 bits per heavy atom. The Morgan fingerprint density at radius 1 is 1.05 bits per heavy atom. The van der Waals surface area contributed by atoms with Crippen LogP contribution in [-0.4, -0.2) is 16.8 Å². The van der Waals surface area contributed by atoms with Gasteiger partial charge in [0.25, 0.3) is 0 Å². The van der Waals surface area contributed by atoms with E-state index in [0.717, 1.165) is 5.56 Å². The average molecular weight is 288 g/mol. The molecule has 0 spiro atoms. The van der Waals surface area contributed by atoms with Crippen molar-refractivity contribution in [3.63, 3.8) is 0 Å². The van der Waals surface area contributed by atoms with E-state index < -0.39 is 10.8 Å². The Hall–Kier alpha value is -1.94. The van der Waals surface area contributed by atoms with Gasteiger partial charge < -0.3 is 4.74 Å². The van der Waals surface area contributed by atoms with Crippen LogP contribution in [0, 0.1) is 0 Å². The summed E-state index contributed by atoms with van der Waals surface area (Å²) in [6.07, 6.45) is 0. The minimum atomic E-state index is -1.11. The zero-order chi connectivity index (χ0) is 14.4. The highest BCUT2D eigenvalue weighted by molar-refractivity contribution is 7.84. The van der Waals surface area contributed by atoms with Crippen LogP contribution >= 0.6 is 0 Å².